The second-order valence-corrected chi connectivity index (χ2v) is 8.91. The smallest absolute Gasteiger partial charge is 0.188 e. The van der Waals surface area contributed by atoms with Crippen molar-refractivity contribution in [2.24, 2.45) is 0 Å². The Bertz CT molecular complexity index is 343. The maximum Gasteiger partial charge on any atom is 0.188 e. The Morgan fingerprint density at radius 1 is 0.562 bits per heavy atom. The van der Waals surface area contributed by atoms with Gasteiger partial charge >= 0.3 is 0 Å². The summed E-state index contributed by atoms with van der Waals surface area (Å²) in [5.41, 5.74) is 0. The maximum absolute atomic E-state index is 6.04. The van der Waals surface area contributed by atoms with Crippen LogP contribution in [-0.2, 0) is 18.9 Å². The normalized spacial score (nSPS) is 11.8. The van der Waals surface area contributed by atoms with Gasteiger partial charge in [-0.05, 0) is 31.8 Å². The summed E-state index contributed by atoms with van der Waals surface area (Å²) >= 11 is 0. The highest BCUT2D eigenvalue weighted by molar-refractivity contribution is 4.73. The highest BCUT2D eigenvalue weighted by atomic mass is 16.7. The molecule has 0 aliphatic rings. The predicted molar refractivity (Wildman–Crippen MR) is 137 cm³/mol. The minimum atomic E-state index is -0.0963. The number of unbranched alkanes of at least 4 members (excludes halogenated alkanes) is 13. The van der Waals surface area contributed by atoms with E-state index in [0.29, 0.717) is 6.79 Å². The third-order valence-electron chi connectivity index (χ3n) is 5.66. The van der Waals surface area contributed by atoms with Gasteiger partial charge in [-0.25, -0.2) is 0 Å². The first kappa shape index (κ1) is 31.4. The fourth-order valence-corrected chi connectivity index (χ4v) is 3.55. The Hall–Kier alpha value is -0.580. The molecule has 0 aliphatic heterocycles. The molecule has 0 aromatic carbocycles. The van der Waals surface area contributed by atoms with Crippen molar-refractivity contribution >= 4 is 0 Å². The highest BCUT2D eigenvalue weighted by Crippen LogP contribution is 2.11. The molecule has 0 unspecified atom stereocenters. The van der Waals surface area contributed by atoms with Crippen LogP contribution in [0.25, 0.3) is 0 Å². The first-order valence-corrected chi connectivity index (χ1v) is 13.9. The van der Waals surface area contributed by atoms with E-state index >= 15 is 0 Å². The second-order valence-electron chi connectivity index (χ2n) is 8.91. The van der Waals surface area contributed by atoms with Gasteiger partial charge < -0.3 is 18.9 Å². The molecule has 0 fully saturated rings. The van der Waals surface area contributed by atoms with Gasteiger partial charge in [0.05, 0.1) is 12.9 Å². The molecule has 192 valence electrons. The van der Waals surface area contributed by atoms with Crippen LogP contribution >= 0.6 is 0 Å². The molecule has 0 saturated heterocycles. The SMILES string of the molecule is CCCCCCCCOCOC=CCCC(OCCCCCCC)OCCCCCCC. The van der Waals surface area contributed by atoms with E-state index in [9.17, 15) is 0 Å². The zero-order valence-electron chi connectivity index (χ0n) is 21.9. The molecule has 0 atom stereocenters. The number of allylic oxidation sites excluding steroid dienone is 1. The van der Waals surface area contributed by atoms with E-state index in [-0.39, 0.29) is 6.29 Å². The molecule has 0 aromatic heterocycles. The largest absolute Gasteiger partial charge is 0.475 e. The summed E-state index contributed by atoms with van der Waals surface area (Å²) in [5, 5.41) is 0. The average Bonchev–Trinajstić information content (AvgIpc) is 2.80. The quantitative estimate of drug-likeness (QED) is 0.0702. The first-order valence-electron chi connectivity index (χ1n) is 13.9. The summed E-state index contributed by atoms with van der Waals surface area (Å²) in [6.45, 7) is 9.49. The minimum Gasteiger partial charge on any atom is -0.475 e. The predicted octanol–water partition coefficient (Wildman–Crippen LogP) is 8.93. The molecule has 4 heteroatoms. The molecule has 0 rings (SSSR count). The standard InChI is InChI=1S/C28H56O4/c1-4-7-10-13-16-18-23-29-27-30-24-21-17-22-28(31-25-19-14-11-8-5-2)32-26-20-15-12-9-6-3/h21,24,28H,4-20,22-23,25-27H2,1-3H3. The fourth-order valence-electron chi connectivity index (χ4n) is 3.55. The van der Waals surface area contributed by atoms with Gasteiger partial charge in [0.1, 0.15) is 0 Å². The van der Waals surface area contributed by atoms with Gasteiger partial charge in [0, 0.05) is 19.6 Å². The van der Waals surface area contributed by atoms with Crippen molar-refractivity contribution in [3.05, 3.63) is 12.3 Å². The number of hydrogen-bond acceptors (Lipinski definition) is 4. The monoisotopic (exact) mass is 456 g/mol. The van der Waals surface area contributed by atoms with Crippen LogP contribution in [0, 0.1) is 0 Å². The van der Waals surface area contributed by atoms with E-state index in [1.807, 2.05) is 0 Å². The van der Waals surface area contributed by atoms with Crippen molar-refractivity contribution in [3.63, 3.8) is 0 Å². The number of hydrogen-bond donors (Lipinski definition) is 0. The van der Waals surface area contributed by atoms with E-state index < -0.39 is 0 Å². The van der Waals surface area contributed by atoms with Gasteiger partial charge in [-0.1, -0.05) is 104 Å². The summed E-state index contributed by atoms with van der Waals surface area (Å²) in [6, 6.07) is 0. The summed E-state index contributed by atoms with van der Waals surface area (Å²) in [6.07, 6.45) is 25.8. The zero-order valence-corrected chi connectivity index (χ0v) is 21.9. The molecule has 0 aromatic rings. The maximum atomic E-state index is 6.04. The van der Waals surface area contributed by atoms with E-state index in [4.69, 9.17) is 18.9 Å². The molecule has 0 amide bonds. The molecule has 0 N–H and O–H groups in total. The van der Waals surface area contributed by atoms with Gasteiger partial charge in [0.2, 0.25) is 0 Å². The zero-order chi connectivity index (χ0) is 23.4. The molecule has 0 spiro atoms. The van der Waals surface area contributed by atoms with Gasteiger partial charge in [0.15, 0.2) is 13.1 Å². The lowest BCUT2D eigenvalue weighted by atomic mass is 10.1. The third kappa shape index (κ3) is 25.7. The lowest BCUT2D eigenvalue weighted by Gasteiger charge is -2.18. The molecule has 32 heavy (non-hydrogen) atoms. The van der Waals surface area contributed by atoms with Crippen molar-refractivity contribution < 1.29 is 18.9 Å². The fraction of sp³-hybridized carbons (Fsp3) is 0.929. The van der Waals surface area contributed by atoms with Crippen molar-refractivity contribution in [2.75, 3.05) is 26.6 Å². The molecule has 0 aliphatic carbocycles. The first-order chi connectivity index (χ1) is 15.8. The molecule has 0 heterocycles. The summed E-state index contributed by atoms with van der Waals surface area (Å²) in [4.78, 5) is 0. The Balaban J connectivity index is 3.80. The Morgan fingerprint density at radius 3 is 1.56 bits per heavy atom. The summed E-state index contributed by atoms with van der Waals surface area (Å²) < 4.78 is 23.1. The molecule has 0 bridgehead atoms. The third-order valence-corrected chi connectivity index (χ3v) is 5.66. The van der Waals surface area contributed by atoms with E-state index in [2.05, 4.69) is 26.8 Å². The average molecular weight is 457 g/mol. The van der Waals surface area contributed by atoms with Crippen LogP contribution in [0.5, 0.6) is 0 Å². The van der Waals surface area contributed by atoms with Crippen LogP contribution < -0.4 is 0 Å². The number of rotatable bonds is 27. The molecule has 4 nitrogen and oxygen atoms in total. The van der Waals surface area contributed by atoms with E-state index in [1.54, 1.807) is 6.26 Å². The Kier molecular flexibility index (Phi) is 27.9. The molecule has 0 radical (unpaired) electrons. The van der Waals surface area contributed by atoms with Crippen LogP contribution in [0.1, 0.15) is 136 Å². The Morgan fingerprint density at radius 2 is 1.03 bits per heavy atom. The summed E-state index contributed by atoms with van der Waals surface area (Å²) in [7, 11) is 0. The lowest BCUT2D eigenvalue weighted by Crippen LogP contribution is -2.18. The van der Waals surface area contributed by atoms with Crippen LogP contribution in [-0.4, -0.2) is 32.9 Å². The van der Waals surface area contributed by atoms with Gasteiger partial charge in [-0.15, -0.1) is 0 Å². The van der Waals surface area contributed by atoms with Crippen LogP contribution in [0.2, 0.25) is 0 Å². The van der Waals surface area contributed by atoms with E-state index in [0.717, 1.165) is 51.9 Å². The van der Waals surface area contributed by atoms with Crippen molar-refractivity contribution in [1.29, 1.82) is 0 Å². The highest BCUT2D eigenvalue weighted by Gasteiger charge is 2.08. The van der Waals surface area contributed by atoms with Crippen molar-refractivity contribution in [2.45, 2.75) is 143 Å². The van der Waals surface area contributed by atoms with Gasteiger partial charge in [0.25, 0.3) is 0 Å². The molecular formula is C28H56O4. The van der Waals surface area contributed by atoms with Gasteiger partial charge in [-0.2, -0.15) is 0 Å². The second kappa shape index (κ2) is 28.5. The van der Waals surface area contributed by atoms with Gasteiger partial charge in [-0.3, -0.25) is 0 Å². The number of ether oxygens (including phenoxy) is 4. The molecular weight excluding hydrogens is 400 g/mol. The molecule has 0 saturated carbocycles. The summed E-state index contributed by atoms with van der Waals surface area (Å²) in [5.74, 6) is 0. The lowest BCUT2D eigenvalue weighted by molar-refractivity contribution is -0.146. The van der Waals surface area contributed by atoms with Crippen molar-refractivity contribution in [1.82, 2.24) is 0 Å². The van der Waals surface area contributed by atoms with Crippen molar-refractivity contribution in [3.8, 4) is 0 Å². The van der Waals surface area contributed by atoms with E-state index in [1.165, 1.54) is 83.5 Å². The van der Waals surface area contributed by atoms with Crippen LogP contribution in [0.15, 0.2) is 12.3 Å². The minimum absolute atomic E-state index is 0.0963. The Labute approximate surface area is 200 Å². The topological polar surface area (TPSA) is 36.9 Å². The van der Waals surface area contributed by atoms with Crippen LogP contribution in [0.3, 0.4) is 0 Å². The van der Waals surface area contributed by atoms with Crippen LogP contribution in [0.4, 0.5) is 0 Å².